The molecular weight excluding hydrogens is 152 g/mol. The molecule has 0 aliphatic rings. The molecule has 0 aliphatic carbocycles. The van der Waals surface area contributed by atoms with Crippen molar-refractivity contribution in [2.24, 2.45) is 0 Å². The molecule has 1 heteroatoms. The monoisotopic (exact) mass is 166 g/mol. The van der Waals surface area contributed by atoms with Gasteiger partial charge in [-0.1, -0.05) is 20.3 Å². The highest BCUT2D eigenvalue weighted by molar-refractivity contribution is 7.06. The second-order valence-corrected chi connectivity index (χ2v) is 3.46. The summed E-state index contributed by atoms with van der Waals surface area (Å²) in [4.78, 5) is 0. The largest absolute Gasteiger partial charge is 0.133 e. The summed E-state index contributed by atoms with van der Waals surface area (Å²) in [5, 5.41) is 6.35. The third kappa shape index (κ3) is 2.33. The van der Waals surface area contributed by atoms with E-state index in [2.05, 4.69) is 30.7 Å². The molecule has 1 rings (SSSR count). The summed E-state index contributed by atoms with van der Waals surface area (Å²) >= 11 is 1.56. The van der Waals surface area contributed by atoms with Crippen LogP contribution >= 0.6 is 11.3 Å². The van der Waals surface area contributed by atoms with Crippen molar-refractivity contribution in [3.05, 3.63) is 22.4 Å². The van der Waals surface area contributed by atoms with Gasteiger partial charge in [0.25, 0.3) is 0 Å². The summed E-state index contributed by atoms with van der Waals surface area (Å²) < 4.78 is 0. The van der Waals surface area contributed by atoms with Gasteiger partial charge in [-0.3, -0.25) is 0 Å². The lowest BCUT2D eigenvalue weighted by Gasteiger charge is -2.10. The van der Waals surface area contributed by atoms with Gasteiger partial charge in [0, 0.05) is 10.8 Å². The molecule has 0 spiro atoms. The average molecular weight is 166 g/mol. The molecule has 1 atom stereocenters. The van der Waals surface area contributed by atoms with Crippen LogP contribution in [-0.2, 0) is 0 Å². The Morgan fingerprint density at radius 2 is 2.36 bits per heavy atom. The van der Waals surface area contributed by atoms with Gasteiger partial charge in [0.2, 0.25) is 0 Å². The number of thiophene rings is 1. The van der Waals surface area contributed by atoms with Crippen LogP contribution in [0.5, 0.6) is 0 Å². The molecule has 1 aromatic heterocycles. The first-order valence-corrected chi connectivity index (χ1v) is 5.07. The summed E-state index contributed by atoms with van der Waals surface area (Å²) in [7, 11) is 0. The molecule has 0 fully saturated rings. The first kappa shape index (κ1) is 8.79. The van der Waals surface area contributed by atoms with E-state index >= 15 is 0 Å². The van der Waals surface area contributed by atoms with Crippen molar-refractivity contribution in [2.75, 3.05) is 0 Å². The summed E-state index contributed by atoms with van der Waals surface area (Å²) in [6.45, 7) is 4.48. The second-order valence-electron chi connectivity index (χ2n) is 2.82. The SMILES string of the molecule is CCCC(CC)c1[c]s[c]c1. The lowest BCUT2D eigenvalue weighted by atomic mass is 9.95. The van der Waals surface area contributed by atoms with Crippen molar-refractivity contribution < 1.29 is 0 Å². The van der Waals surface area contributed by atoms with Crippen molar-refractivity contribution in [3.63, 3.8) is 0 Å². The molecule has 2 radical (unpaired) electrons. The van der Waals surface area contributed by atoms with E-state index in [4.69, 9.17) is 0 Å². The molecule has 0 aliphatic heterocycles. The Kier molecular flexibility index (Phi) is 3.64. The standard InChI is InChI=1S/C10H14S/c1-3-5-9(4-2)10-6-7-11-8-10/h6,9H,3-5H2,1-2H3. The minimum Gasteiger partial charge on any atom is -0.133 e. The number of hydrogen-bond donors (Lipinski definition) is 0. The highest BCUT2D eigenvalue weighted by Gasteiger charge is 2.07. The van der Waals surface area contributed by atoms with Crippen LogP contribution in [0.2, 0.25) is 0 Å². The Morgan fingerprint density at radius 3 is 2.82 bits per heavy atom. The maximum absolute atomic E-state index is 3.26. The van der Waals surface area contributed by atoms with Crippen LogP contribution in [0.4, 0.5) is 0 Å². The summed E-state index contributed by atoms with van der Waals surface area (Å²) in [5.41, 5.74) is 1.36. The van der Waals surface area contributed by atoms with Crippen LogP contribution in [0.25, 0.3) is 0 Å². The first-order valence-electron chi connectivity index (χ1n) is 4.25. The van der Waals surface area contributed by atoms with Gasteiger partial charge < -0.3 is 0 Å². The lowest BCUT2D eigenvalue weighted by molar-refractivity contribution is 0.597. The Labute approximate surface area is 73.3 Å². The van der Waals surface area contributed by atoms with Gasteiger partial charge in [-0.05, 0) is 30.4 Å². The average Bonchev–Trinajstić information content (AvgIpc) is 2.52. The van der Waals surface area contributed by atoms with Crippen molar-refractivity contribution >= 4 is 11.3 Å². The maximum atomic E-state index is 3.26. The molecule has 1 heterocycles. The van der Waals surface area contributed by atoms with Crippen LogP contribution in [0.3, 0.4) is 0 Å². The Hall–Kier alpha value is -0.300. The molecule has 0 saturated carbocycles. The van der Waals surface area contributed by atoms with E-state index in [-0.39, 0.29) is 0 Å². The van der Waals surface area contributed by atoms with Crippen LogP contribution in [0.1, 0.15) is 44.6 Å². The van der Waals surface area contributed by atoms with E-state index in [1.54, 1.807) is 11.3 Å². The topological polar surface area (TPSA) is 0 Å². The molecule has 0 aromatic carbocycles. The maximum Gasteiger partial charge on any atom is 0.0487 e. The fourth-order valence-corrected chi connectivity index (χ4v) is 1.93. The highest BCUT2D eigenvalue weighted by atomic mass is 32.1. The van der Waals surface area contributed by atoms with Gasteiger partial charge >= 0.3 is 0 Å². The summed E-state index contributed by atoms with van der Waals surface area (Å²) in [5.74, 6) is 0.725. The van der Waals surface area contributed by atoms with E-state index < -0.39 is 0 Å². The quantitative estimate of drug-likeness (QED) is 0.640. The van der Waals surface area contributed by atoms with Gasteiger partial charge in [-0.25, -0.2) is 0 Å². The molecule has 60 valence electrons. The van der Waals surface area contributed by atoms with Crippen molar-refractivity contribution in [1.82, 2.24) is 0 Å². The molecule has 0 N–H and O–H groups in total. The Bertz CT molecular complexity index is 177. The van der Waals surface area contributed by atoms with E-state index in [1.165, 1.54) is 24.8 Å². The number of rotatable bonds is 4. The first-order chi connectivity index (χ1) is 5.38. The predicted octanol–water partition coefficient (Wildman–Crippen LogP) is 3.64. The summed E-state index contributed by atoms with van der Waals surface area (Å²) in [6.07, 6.45) is 3.79. The fourth-order valence-electron chi connectivity index (χ4n) is 1.34. The zero-order chi connectivity index (χ0) is 8.10. The van der Waals surface area contributed by atoms with Gasteiger partial charge in [-0.2, -0.15) is 0 Å². The van der Waals surface area contributed by atoms with Crippen LogP contribution in [-0.4, -0.2) is 0 Å². The van der Waals surface area contributed by atoms with Crippen molar-refractivity contribution in [3.8, 4) is 0 Å². The molecule has 11 heavy (non-hydrogen) atoms. The number of hydrogen-bond acceptors (Lipinski definition) is 1. The van der Waals surface area contributed by atoms with E-state index in [0.717, 1.165) is 5.92 Å². The molecule has 0 saturated heterocycles. The molecule has 0 bridgehead atoms. The third-order valence-corrected chi connectivity index (χ3v) is 2.59. The zero-order valence-corrected chi connectivity index (χ0v) is 8.00. The van der Waals surface area contributed by atoms with Crippen molar-refractivity contribution in [1.29, 1.82) is 0 Å². The molecule has 1 unspecified atom stereocenters. The second kappa shape index (κ2) is 4.55. The van der Waals surface area contributed by atoms with E-state index in [1.807, 2.05) is 0 Å². The van der Waals surface area contributed by atoms with Crippen LogP contribution < -0.4 is 0 Å². The minimum atomic E-state index is 0.725. The summed E-state index contributed by atoms with van der Waals surface area (Å²) in [6, 6.07) is 2.08. The normalized spacial score (nSPS) is 13.3. The van der Waals surface area contributed by atoms with Gasteiger partial charge in [0.05, 0.1) is 0 Å². The van der Waals surface area contributed by atoms with Gasteiger partial charge in [0.15, 0.2) is 0 Å². The molecule has 0 amide bonds. The Balaban J connectivity index is 2.56. The van der Waals surface area contributed by atoms with Crippen LogP contribution in [0.15, 0.2) is 6.07 Å². The lowest BCUT2D eigenvalue weighted by Crippen LogP contribution is -1.93. The van der Waals surface area contributed by atoms with E-state index in [9.17, 15) is 0 Å². The molecule has 1 aromatic rings. The van der Waals surface area contributed by atoms with Crippen LogP contribution in [0, 0.1) is 10.8 Å². The zero-order valence-electron chi connectivity index (χ0n) is 7.18. The highest BCUT2D eigenvalue weighted by Crippen LogP contribution is 2.25. The minimum absolute atomic E-state index is 0.725. The third-order valence-electron chi connectivity index (χ3n) is 2.01. The van der Waals surface area contributed by atoms with E-state index in [0.29, 0.717) is 0 Å². The molecular formula is C10H14S. The van der Waals surface area contributed by atoms with Crippen molar-refractivity contribution in [2.45, 2.75) is 39.0 Å². The van der Waals surface area contributed by atoms with Gasteiger partial charge in [-0.15, -0.1) is 11.3 Å². The smallest absolute Gasteiger partial charge is 0.0487 e. The Morgan fingerprint density at radius 1 is 1.55 bits per heavy atom. The predicted molar refractivity (Wildman–Crippen MR) is 49.9 cm³/mol. The van der Waals surface area contributed by atoms with Gasteiger partial charge in [0.1, 0.15) is 0 Å². The fraction of sp³-hybridized carbons (Fsp3) is 0.600. The molecule has 0 nitrogen and oxygen atoms in total.